The van der Waals surface area contributed by atoms with Crippen molar-refractivity contribution in [2.24, 2.45) is 0 Å². The number of hydrogen-bond donors (Lipinski definition) is 1. The fourth-order valence-electron chi connectivity index (χ4n) is 1.80. The van der Waals surface area contributed by atoms with Crippen molar-refractivity contribution in [2.45, 2.75) is 0 Å². The van der Waals surface area contributed by atoms with Gasteiger partial charge in [-0.1, -0.05) is 41.4 Å². The Morgan fingerprint density at radius 3 is 2.47 bits per heavy atom. The highest BCUT2D eigenvalue weighted by atomic mass is 35.5. The van der Waals surface area contributed by atoms with Crippen molar-refractivity contribution < 1.29 is 9.53 Å². The molecule has 0 spiro atoms. The number of carbonyl (C=O) groups is 1. The molecule has 2 aromatic carbocycles. The Morgan fingerprint density at radius 1 is 1.16 bits per heavy atom. The van der Waals surface area contributed by atoms with Gasteiger partial charge < -0.3 is 10.5 Å². The minimum absolute atomic E-state index is 0.227. The number of nitrogen functional groups attached to an aromatic ring is 1. The molecule has 0 aliphatic carbocycles. The molecule has 0 fully saturated rings. The van der Waals surface area contributed by atoms with Crippen LogP contribution in [-0.2, 0) is 4.74 Å². The molecule has 2 aromatic rings. The molecule has 5 heteroatoms. The second-order valence-corrected chi connectivity index (χ2v) is 4.73. The van der Waals surface area contributed by atoms with E-state index in [0.29, 0.717) is 26.9 Å². The molecule has 19 heavy (non-hydrogen) atoms. The number of carbonyl (C=O) groups excluding carboxylic acids is 1. The van der Waals surface area contributed by atoms with E-state index in [0.717, 1.165) is 0 Å². The summed E-state index contributed by atoms with van der Waals surface area (Å²) in [5, 5.41) is 0.928. The maximum absolute atomic E-state index is 11.7. The van der Waals surface area contributed by atoms with Crippen LogP contribution in [0, 0.1) is 0 Å². The number of ether oxygens (including phenoxy) is 1. The van der Waals surface area contributed by atoms with Gasteiger partial charge in [-0.15, -0.1) is 0 Å². The Morgan fingerprint density at radius 2 is 1.84 bits per heavy atom. The topological polar surface area (TPSA) is 52.3 Å². The average Bonchev–Trinajstić information content (AvgIpc) is 2.41. The van der Waals surface area contributed by atoms with Crippen LogP contribution >= 0.6 is 23.2 Å². The van der Waals surface area contributed by atoms with Crippen LogP contribution in [0.3, 0.4) is 0 Å². The summed E-state index contributed by atoms with van der Waals surface area (Å²) in [5.41, 5.74) is 7.86. The Balaban J connectivity index is 2.68. The highest BCUT2D eigenvalue weighted by Gasteiger charge is 2.17. The average molecular weight is 296 g/mol. The summed E-state index contributed by atoms with van der Waals surface area (Å²) >= 11 is 12.2. The summed E-state index contributed by atoms with van der Waals surface area (Å²) < 4.78 is 4.68. The van der Waals surface area contributed by atoms with Crippen LogP contribution in [0.1, 0.15) is 10.4 Å². The van der Waals surface area contributed by atoms with Gasteiger partial charge in [0.15, 0.2) is 0 Å². The van der Waals surface area contributed by atoms with E-state index in [4.69, 9.17) is 28.9 Å². The molecule has 0 aromatic heterocycles. The van der Waals surface area contributed by atoms with E-state index in [2.05, 4.69) is 4.74 Å². The van der Waals surface area contributed by atoms with Gasteiger partial charge in [-0.25, -0.2) is 4.79 Å². The van der Waals surface area contributed by atoms with Crippen molar-refractivity contribution in [2.75, 3.05) is 12.8 Å². The normalized spacial score (nSPS) is 10.3. The monoisotopic (exact) mass is 295 g/mol. The first-order valence-electron chi connectivity index (χ1n) is 5.47. The van der Waals surface area contributed by atoms with Crippen molar-refractivity contribution in [1.82, 2.24) is 0 Å². The molecule has 98 valence electrons. The van der Waals surface area contributed by atoms with Crippen LogP contribution in [0.2, 0.25) is 10.0 Å². The Bertz CT molecular complexity index is 641. The largest absolute Gasteiger partial charge is 0.465 e. The third-order valence-corrected chi connectivity index (χ3v) is 3.26. The Kier molecular flexibility index (Phi) is 3.98. The zero-order chi connectivity index (χ0) is 14.0. The summed E-state index contributed by atoms with van der Waals surface area (Å²) in [4.78, 5) is 11.7. The molecule has 0 radical (unpaired) electrons. The predicted molar refractivity (Wildman–Crippen MR) is 77.6 cm³/mol. The fourth-order valence-corrected chi connectivity index (χ4v) is 2.26. The minimum Gasteiger partial charge on any atom is -0.465 e. The van der Waals surface area contributed by atoms with E-state index in [1.807, 2.05) is 18.2 Å². The molecule has 0 unspecified atom stereocenters. The number of rotatable bonds is 2. The number of methoxy groups -OCH3 is 1. The van der Waals surface area contributed by atoms with E-state index < -0.39 is 5.97 Å². The van der Waals surface area contributed by atoms with Crippen LogP contribution < -0.4 is 5.73 Å². The molecule has 0 saturated heterocycles. The van der Waals surface area contributed by atoms with Crippen LogP contribution in [-0.4, -0.2) is 13.1 Å². The summed E-state index contributed by atoms with van der Waals surface area (Å²) in [6, 6.07) is 10.3. The molecule has 0 aliphatic rings. The van der Waals surface area contributed by atoms with E-state index in [-0.39, 0.29) is 5.56 Å². The van der Waals surface area contributed by atoms with Crippen molar-refractivity contribution in [3.8, 4) is 11.1 Å². The lowest BCUT2D eigenvalue weighted by molar-refractivity contribution is 0.0602. The molecular formula is C14H11Cl2NO2. The SMILES string of the molecule is COC(=O)c1cc(Cl)cc(-c2ccccc2Cl)c1N. The van der Waals surface area contributed by atoms with Gasteiger partial charge in [0, 0.05) is 21.2 Å². The lowest BCUT2D eigenvalue weighted by Gasteiger charge is -2.12. The zero-order valence-corrected chi connectivity index (χ0v) is 11.6. The number of anilines is 1. The van der Waals surface area contributed by atoms with Gasteiger partial charge in [0.1, 0.15) is 0 Å². The second-order valence-electron chi connectivity index (χ2n) is 3.89. The summed E-state index contributed by atoms with van der Waals surface area (Å²) in [6.07, 6.45) is 0. The number of esters is 1. The smallest absolute Gasteiger partial charge is 0.340 e. The number of hydrogen-bond acceptors (Lipinski definition) is 3. The molecule has 3 nitrogen and oxygen atoms in total. The molecule has 0 amide bonds. The van der Waals surface area contributed by atoms with Gasteiger partial charge in [0.05, 0.1) is 18.4 Å². The first-order valence-corrected chi connectivity index (χ1v) is 6.22. The van der Waals surface area contributed by atoms with E-state index in [9.17, 15) is 4.79 Å². The number of benzene rings is 2. The van der Waals surface area contributed by atoms with Crippen molar-refractivity contribution in [1.29, 1.82) is 0 Å². The maximum atomic E-state index is 11.7. The van der Waals surface area contributed by atoms with Gasteiger partial charge in [-0.2, -0.15) is 0 Å². The van der Waals surface area contributed by atoms with Crippen molar-refractivity contribution in [3.63, 3.8) is 0 Å². The molecule has 0 heterocycles. The molecular weight excluding hydrogens is 285 g/mol. The zero-order valence-electron chi connectivity index (χ0n) is 10.1. The lowest BCUT2D eigenvalue weighted by Crippen LogP contribution is -2.07. The molecule has 0 saturated carbocycles. The standard InChI is InChI=1S/C14H11Cl2NO2/c1-19-14(18)11-7-8(15)6-10(13(11)17)9-4-2-3-5-12(9)16/h2-7H,17H2,1H3. The second kappa shape index (κ2) is 5.51. The minimum atomic E-state index is -0.534. The van der Waals surface area contributed by atoms with Crippen LogP contribution in [0.15, 0.2) is 36.4 Å². The summed E-state index contributed by atoms with van der Waals surface area (Å²) in [5.74, 6) is -0.534. The third-order valence-electron chi connectivity index (χ3n) is 2.71. The first-order chi connectivity index (χ1) is 9.04. The molecule has 0 bridgehead atoms. The predicted octanol–water partition coefficient (Wildman–Crippen LogP) is 4.03. The van der Waals surface area contributed by atoms with Crippen LogP contribution in [0.4, 0.5) is 5.69 Å². The molecule has 2 rings (SSSR count). The quantitative estimate of drug-likeness (QED) is 0.672. The maximum Gasteiger partial charge on any atom is 0.340 e. The Hall–Kier alpha value is -1.71. The summed E-state index contributed by atoms with van der Waals surface area (Å²) in [7, 11) is 1.29. The first kappa shape index (κ1) is 13.7. The summed E-state index contributed by atoms with van der Waals surface area (Å²) in [6.45, 7) is 0. The highest BCUT2D eigenvalue weighted by Crippen LogP contribution is 2.36. The lowest BCUT2D eigenvalue weighted by atomic mass is 10.00. The van der Waals surface area contributed by atoms with Crippen LogP contribution in [0.25, 0.3) is 11.1 Å². The van der Waals surface area contributed by atoms with Crippen molar-refractivity contribution in [3.05, 3.63) is 52.0 Å². The van der Waals surface area contributed by atoms with Gasteiger partial charge in [-0.3, -0.25) is 0 Å². The van der Waals surface area contributed by atoms with Crippen molar-refractivity contribution >= 4 is 34.9 Å². The van der Waals surface area contributed by atoms with Gasteiger partial charge in [0.25, 0.3) is 0 Å². The van der Waals surface area contributed by atoms with Gasteiger partial charge in [0.2, 0.25) is 0 Å². The number of nitrogens with two attached hydrogens (primary N) is 1. The molecule has 2 N–H and O–H groups in total. The molecule has 0 aliphatic heterocycles. The molecule has 0 atom stereocenters. The van der Waals surface area contributed by atoms with E-state index in [1.54, 1.807) is 12.1 Å². The number of halogens is 2. The van der Waals surface area contributed by atoms with Gasteiger partial charge >= 0.3 is 5.97 Å². The fraction of sp³-hybridized carbons (Fsp3) is 0.0714. The van der Waals surface area contributed by atoms with Gasteiger partial charge in [-0.05, 0) is 18.2 Å². The van der Waals surface area contributed by atoms with E-state index in [1.165, 1.54) is 13.2 Å². The Labute approximate surface area is 120 Å². The third kappa shape index (κ3) is 2.67. The highest BCUT2D eigenvalue weighted by molar-refractivity contribution is 6.34. The van der Waals surface area contributed by atoms with Crippen LogP contribution in [0.5, 0.6) is 0 Å². The van der Waals surface area contributed by atoms with E-state index >= 15 is 0 Å².